The Morgan fingerprint density at radius 1 is 1.04 bits per heavy atom. The number of carbonyl (C=O) groups is 2. The van der Waals surface area contributed by atoms with Crippen molar-refractivity contribution in [2.75, 3.05) is 27.3 Å². The van der Waals surface area contributed by atoms with E-state index in [1.807, 2.05) is 32.0 Å². The molecule has 3 aromatic carbocycles. The van der Waals surface area contributed by atoms with Crippen LogP contribution in [0.1, 0.15) is 53.9 Å². The van der Waals surface area contributed by atoms with Crippen LogP contribution in [0.5, 0.6) is 17.2 Å². The molecule has 47 heavy (non-hydrogen) atoms. The number of amides is 1. The van der Waals surface area contributed by atoms with Crippen molar-refractivity contribution in [3.05, 3.63) is 119 Å². The molecule has 1 aromatic heterocycles. The summed E-state index contributed by atoms with van der Waals surface area (Å²) in [5.41, 5.74) is 2.67. The quantitative estimate of drug-likeness (QED) is 0.236. The number of fused-ring (bicyclic) bond motifs is 1. The lowest BCUT2D eigenvalue weighted by Gasteiger charge is -2.29. The number of carboxylic acids is 1. The molecule has 4 aromatic rings. The third-order valence-electron chi connectivity index (χ3n) is 7.84. The Labute approximate surface area is 280 Å². The predicted molar refractivity (Wildman–Crippen MR) is 180 cm³/mol. The molecule has 0 aliphatic carbocycles. The summed E-state index contributed by atoms with van der Waals surface area (Å²) < 4.78 is 19.1. The van der Waals surface area contributed by atoms with Gasteiger partial charge in [0.25, 0.3) is 11.5 Å². The molecule has 2 heterocycles. The maximum atomic E-state index is 14.2. The normalized spacial score (nSPS) is 14.3. The van der Waals surface area contributed by atoms with Crippen LogP contribution in [-0.4, -0.2) is 53.8 Å². The number of aromatic nitrogens is 1. The molecule has 12 heteroatoms. The SMILES string of the molecule is CCN(CC)C(=O)C1=C(C)N=c2s/c(=C/c3cc(Cl)c(OCc4cccc(C(=O)O)c4)c(OC)c3)c(=O)n2[C@H]1c1ccccc1OC. The second-order valence-electron chi connectivity index (χ2n) is 10.6. The molecular formula is C35H34ClN3O7S. The van der Waals surface area contributed by atoms with E-state index in [-0.39, 0.29) is 34.4 Å². The van der Waals surface area contributed by atoms with Crippen molar-refractivity contribution in [3.8, 4) is 17.2 Å². The fourth-order valence-electron chi connectivity index (χ4n) is 5.53. The van der Waals surface area contributed by atoms with Crippen LogP contribution in [0.25, 0.3) is 6.08 Å². The van der Waals surface area contributed by atoms with Gasteiger partial charge in [0.2, 0.25) is 0 Å². The van der Waals surface area contributed by atoms with E-state index in [1.165, 1.54) is 30.6 Å². The van der Waals surface area contributed by atoms with Gasteiger partial charge >= 0.3 is 5.97 Å². The molecule has 0 saturated carbocycles. The zero-order valence-corrected chi connectivity index (χ0v) is 28.1. The average Bonchev–Trinajstić information content (AvgIpc) is 3.37. The van der Waals surface area contributed by atoms with Crippen LogP contribution in [-0.2, 0) is 11.4 Å². The van der Waals surface area contributed by atoms with Gasteiger partial charge in [0.1, 0.15) is 18.4 Å². The first kappa shape index (κ1) is 33.5. The number of aromatic carboxylic acids is 1. The van der Waals surface area contributed by atoms with E-state index in [1.54, 1.807) is 59.9 Å². The van der Waals surface area contributed by atoms with Gasteiger partial charge in [-0.2, -0.15) is 0 Å². The number of likely N-dealkylation sites (N-methyl/N-ethyl adjacent to an activating group) is 1. The highest BCUT2D eigenvalue weighted by Crippen LogP contribution is 2.38. The van der Waals surface area contributed by atoms with Crippen LogP contribution in [0.15, 0.2) is 81.7 Å². The number of methoxy groups -OCH3 is 2. The van der Waals surface area contributed by atoms with E-state index in [2.05, 4.69) is 0 Å². The fourth-order valence-corrected chi connectivity index (χ4v) is 6.85. The summed E-state index contributed by atoms with van der Waals surface area (Å²) in [5.74, 6) is -0.0644. The molecule has 1 atom stereocenters. The minimum absolute atomic E-state index is 0.0615. The van der Waals surface area contributed by atoms with Crippen LogP contribution in [0.2, 0.25) is 5.02 Å². The van der Waals surface area contributed by atoms with Crippen LogP contribution in [0.4, 0.5) is 0 Å². The Hall–Kier alpha value is -4.87. The number of halogens is 1. The van der Waals surface area contributed by atoms with E-state index in [9.17, 15) is 19.5 Å². The van der Waals surface area contributed by atoms with Gasteiger partial charge in [-0.15, -0.1) is 0 Å². The second kappa shape index (κ2) is 14.3. The summed E-state index contributed by atoms with van der Waals surface area (Å²) in [5, 5.41) is 9.54. The third kappa shape index (κ3) is 6.68. The summed E-state index contributed by atoms with van der Waals surface area (Å²) in [6.45, 7) is 6.69. The van der Waals surface area contributed by atoms with E-state index in [0.29, 0.717) is 61.9 Å². The number of carboxylic acid groups (broad SMARTS) is 1. The summed E-state index contributed by atoms with van der Waals surface area (Å²) >= 11 is 7.86. The van der Waals surface area contributed by atoms with Crippen molar-refractivity contribution >= 4 is 40.9 Å². The molecule has 244 valence electrons. The monoisotopic (exact) mass is 675 g/mol. The lowest BCUT2D eigenvalue weighted by molar-refractivity contribution is -0.127. The van der Waals surface area contributed by atoms with Gasteiger partial charge in [-0.3, -0.25) is 14.2 Å². The van der Waals surface area contributed by atoms with Crippen molar-refractivity contribution in [2.45, 2.75) is 33.4 Å². The van der Waals surface area contributed by atoms with Crippen LogP contribution in [0.3, 0.4) is 0 Å². The lowest BCUT2D eigenvalue weighted by atomic mass is 9.94. The molecule has 1 N–H and O–H groups in total. The minimum atomic E-state index is -1.03. The molecule has 5 rings (SSSR count). The van der Waals surface area contributed by atoms with Crippen molar-refractivity contribution in [3.63, 3.8) is 0 Å². The van der Waals surface area contributed by atoms with Crippen molar-refractivity contribution in [1.29, 1.82) is 0 Å². The number of ether oxygens (including phenoxy) is 3. The number of benzene rings is 3. The molecule has 0 radical (unpaired) electrons. The van der Waals surface area contributed by atoms with Crippen molar-refractivity contribution in [1.82, 2.24) is 9.47 Å². The Morgan fingerprint density at radius 3 is 2.45 bits per heavy atom. The predicted octanol–water partition coefficient (Wildman–Crippen LogP) is 5.05. The van der Waals surface area contributed by atoms with Crippen molar-refractivity contribution in [2.24, 2.45) is 4.99 Å². The number of allylic oxidation sites excluding steroid dienone is 1. The minimum Gasteiger partial charge on any atom is -0.496 e. The third-order valence-corrected chi connectivity index (χ3v) is 9.11. The standard InChI is InChI=1S/C35H34ClN3O7S/c1-6-38(7-2)33(41)29-20(3)37-35-39(30(29)24-13-8-9-14-26(24)44-4)32(40)28(47-35)18-22-16-25(36)31(27(17-22)45-5)46-19-21-11-10-12-23(15-21)34(42)43/h8-18,30H,6-7,19H2,1-5H3,(H,42,43)/b28-18+/t30-/m0/s1. The molecule has 0 spiro atoms. The Morgan fingerprint density at radius 2 is 1.77 bits per heavy atom. The summed E-state index contributed by atoms with van der Waals surface area (Å²) in [4.78, 5) is 46.3. The maximum absolute atomic E-state index is 14.2. The molecule has 0 fully saturated rings. The van der Waals surface area contributed by atoms with Gasteiger partial charge < -0.3 is 24.2 Å². The fraction of sp³-hybridized carbons (Fsp3) is 0.257. The number of hydrogen-bond acceptors (Lipinski definition) is 8. The van der Waals surface area contributed by atoms with E-state index in [0.717, 1.165) is 0 Å². The Balaban J connectivity index is 1.59. The van der Waals surface area contributed by atoms with Crippen LogP contribution >= 0.6 is 22.9 Å². The van der Waals surface area contributed by atoms with E-state index < -0.39 is 12.0 Å². The molecule has 1 aliphatic rings. The molecule has 1 amide bonds. The van der Waals surface area contributed by atoms with Gasteiger partial charge in [-0.25, -0.2) is 9.79 Å². The number of hydrogen-bond donors (Lipinski definition) is 1. The number of thiazole rings is 1. The molecule has 0 bridgehead atoms. The largest absolute Gasteiger partial charge is 0.496 e. The second-order valence-corrected chi connectivity index (χ2v) is 12.0. The maximum Gasteiger partial charge on any atom is 0.335 e. The first-order chi connectivity index (χ1) is 22.6. The Bertz CT molecular complexity index is 2060. The topological polar surface area (TPSA) is 120 Å². The lowest BCUT2D eigenvalue weighted by Crippen LogP contribution is -2.43. The number of para-hydroxylation sites is 1. The highest BCUT2D eigenvalue weighted by Gasteiger charge is 2.35. The first-order valence-corrected chi connectivity index (χ1v) is 16.1. The number of carbonyl (C=O) groups excluding carboxylic acids is 1. The van der Waals surface area contributed by atoms with Crippen LogP contribution < -0.4 is 29.1 Å². The van der Waals surface area contributed by atoms with E-state index >= 15 is 0 Å². The summed E-state index contributed by atoms with van der Waals surface area (Å²) in [6, 6.07) is 16.4. The smallest absolute Gasteiger partial charge is 0.335 e. The number of nitrogens with zero attached hydrogens (tertiary/aromatic N) is 3. The zero-order chi connectivity index (χ0) is 33.8. The molecule has 0 unspecified atom stereocenters. The molecular weight excluding hydrogens is 642 g/mol. The molecule has 1 aliphatic heterocycles. The van der Waals surface area contributed by atoms with Gasteiger partial charge in [0.05, 0.1) is 40.6 Å². The molecule has 0 saturated heterocycles. The van der Waals surface area contributed by atoms with Gasteiger partial charge in [-0.1, -0.05) is 53.3 Å². The van der Waals surface area contributed by atoms with Crippen LogP contribution in [0, 0.1) is 0 Å². The van der Waals surface area contributed by atoms with Gasteiger partial charge in [0.15, 0.2) is 16.3 Å². The van der Waals surface area contributed by atoms with Crippen molar-refractivity contribution < 1.29 is 28.9 Å². The molecule has 10 nitrogen and oxygen atoms in total. The van der Waals surface area contributed by atoms with E-state index in [4.69, 9.17) is 30.8 Å². The Kier molecular flexibility index (Phi) is 10.2. The number of rotatable bonds is 11. The van der Waals surface area contributed by atoms with Gasteiger partial charge in [-0.05, 0) is 68.3 Å². The zero-order valence-electron chi connectivity index (χ0n) is 26.6. The summed E-state index contributed by atoms with van der Waals surface area (Å²) in [7, 11) is 3.04. The highest BCUT2D eigenvalue weighted by atomic mass is 35.5. The average molecular weight is 676 g/mol. The highest BCUT2D eigenvalue weighted by molar-refractivity contribution is 7.07. The first-order valence-electron chi connectivity index (χ1n) is 14.9. The summed E-state index contributed by atoms with van der Waals surface area (Å²) in [6.07, 6.45) is 1.70. The van der Waals surface area contributed by atoms with Gasteiger partial charge in [0, 0.05) is 18.7 Å².